The molecule has 0 radical (unpaired) electrons. The molecule has 0 aromatic carbocycles. The van der Waals surface area contributed by atoms with Crippen LogP contribution < -0.4 is 5.73 Å². The van der Waals surface area contributed by atoms with E-state index >= 15 is 0 Å². The monoisotopic (exact) mass is 228 g/mol. The van der Waals surface area contributed by atoms with E-state index in [1.54, 1.807) is 0 Å². The molecule has 96 valence electrons. The second-order valence-electron chi connectivity index (χ2n) is 5.54. The van der Waals surface area contributed by atoms with Gasteiger partial charge in [0, 0.05) is 25.7 Å². The predicted octanol–water partition coefficient (Wildman–Crippen LogP) is 1.72. The number of hydrogen-bond acceptors (Lipinski definition) is 3. The van der Waals surface area contributed by atoms with Gasteiger partial charge in [-0.3, -0.25) is 4.90 Å². The van der Waals surface area contributed by atoms with Gasteiger partial charge in [-0.15, -0.1) is 0 Å². The fraction of sp³-hybridized carbons (Fsp3) is 1.00. The van der Waals surface area contributed by atoms with Crippen LogP contribution in [0.2, 0.25) is 0 Å². The molecule has 0 amide bonds. The first-order valence-corrected chi connectivity index (χ1v) is 6.60. The van der Waals surface area contributed by atoms with Gasteiger partial charge in [0.1, 0.15) is 0 Å². The summed E-state index contributed by atoms with van der Waals surface area (Å²) in [5.74, 6) is 1.50. The van der Waals surface area contributed by atoms with Crippen molar-refractivity contribution in [1.29, 1.82) is 0 Å². The molecule has 0 spiro atoms. The minimum Gasteiger partial charge on any atom is -0.377 e. The Morgan fingerprint density at radius 2 is 2.06 bits per heavy atom. The SMILES string of the molecule is CC1CC(C)C(CN)N(CCOC(C)C)C1. The number of rotatable bonds is 5. The van der Waals surface area contributed by atoms with Gasteiger partial charge in [-0.2, -0.15) is 0 Å². The highest BCUT2D eigenvalue weighted by atomic mass is 16.5. The molecule has 1 aliphatic rings. The molecular formula is C13H28N2O. The summed E-state index contributed by atoms with van der Waals surface area (Å²) < 4.78 is 5.63. The molecule has 3 heteroatoms. The number of piperidine rings is 1. The van der Waals surface area contributed by atoms with Crippen molar-refractivity contribution >= 4 is 0 Å². The van der Waals surface area contributed by atoms with Crippen LogP contribution in [0.25, 0.3) is 0 Å². The Kier molecular flexibility index (Phi) is 5.73. The summed E-state index contributed by atoms with van der Waals surface area (Å²) in [7, 11) is 0. The van der Waals surface area contributed by atoms with Crippen LogP contribution in [0.1, 0.15) is 34.1 Å². The van der Waals surface area contributed by atoms with E-state index < -0.39 is 0 Å². The number of nitrogens with zero attached hydrogens (tertiary/aromatic N) is 1. The van der Waals surface area contributed by atoms with Crippen LogP contribution in [-0.4, -0.2) is 43.3 Å². The Balaban J connectivity index is 2.41. The van der Waals surface area contributed by atoms with E-state index in [1.807, 2.05) is 0 Å². The summed E-state index contributed by atoms with van der Waals surface area (Å²) >= 11 is 0. The second-order valence-corrected chi connectivity index (χ2v) is 5.54. The summed E-state index contributed by atoms with van der Waals surface area (Å²) in [5.41, 5.74) is 5.88. The van der Waals surface area contributed by atoms with Crippen LogP contribution in [0.4, 0.5) is 0 Å². The Bertz CT molecular complexity index is 196. The largest absolute Gasteiger partial charge is 0.377 e. The van der Waals surface area contributed by atoms with E-state index in [0.29, 0.717) is 18.1 Å². The zero-order valence-corrected chi connectivity index (χ0v) is 11.3. The van der Waals surface area contributed by atoms with E-state index in [0.717, 1.165) is 25.6 Å². The maximum Gasteiger partial charge on any atom is 0.0597 e. The number of likely N-dealkylation sites (tertiary alicyclic amines) is 1. The van der Waals surface area contributed by atoms with Gasteiger partial charge >= 0.3 is 0 Å². The molecular weight excluding hydrogens is 200 g/mol. The Labute approximate surface area is 100 Å². The second kappa shape index (κ2) is 6.58. The molecule has 0 saturated carbocycles. The van der Waals surface area contributed by atoms with Gasteiger partial charge < -0.3 is 10.5 Å². The van der Waals surface area contributed by atoms with Gasteiger partial charge in [-0.1, -0.05) is 13.8 Å². The maximum atomic E-state index is 5.88. The van der Waals surface area contributed by atoms with E-state index in [4.69, 9.17) is 10.5 Å². The van der Waals surface area contributed by atoms with E-state index in [-0.39, 0.29) is 0 Å². The quantitative estimate of drug-likeness (QED) is 0.778. The van der Waals surface area contributed by atoms with Crippen molar-refractivity contribution in [2.45, 2.75) is 46.3 Å². The third kappa shape index (κ3) is 4.04. The van der Waals surface area contributed by atoms with Gasteiger partial charge in [-0.25, -0.2) is 0 Å². The molecule has 1 heterocycles. The van der Waals surface area contributed by atoms with Crippen molar-refractivity contribution < 1.29 is 4.74 Å². The first-order valence-electron chi connectivity index (χ1n) is 6.60. The van der Waals surface area contributed by atoms with Crippen molar-refractivity contribution in [2.75, 3.05) is 26.2 Å². The number of ether oxygens (including phenoxy) is 1. The van der Waals surface area contributed by atoms with Crippen LogP contribution in [0, 0.1) is 11.8 Å². The number of nitrogens with two attached hydrogens (primary N) is 1. The topological polar surface area (TPSA) is 38.5 Å². The number of hydrogen-bond donors (Lipinski definition) is 1. The Morgan fingerprint density at radius 3 is 2.62 bits per heavy atom. The Hall–Kier alpha value is -0.120. The van der Waals surface area contributed by atoms with Gasteiger partial charge in [0.2, 0.25) is 0 Å². The molecule has 0 aromatic rings. The molecule has 3 nitrogen and oxygen atoms in total. The zero-order valence-electron chi connectivity index (χ0n) is 11.3. The van der Waals surface area contributed by atoms with Crippen LogP contribution in [0.3, 0.4) is 0 Å². The average molecular weight is 228 g/mol. The first kappa shape index (κ1) is 13.9. The fourth-order valence-corrected chi connectivity index (χ4v) is 2.81. The molecule has 1 aliphatic heterocycles. The zero-order chi connectivity index (χ0) is 12.1. The predicted molar refractivity (Wildman–Crippen MR) is 68.4 cm³/mol. The highest BCUT2D eigenvalue weighted by Crippen LogP contribution is 2.26. The highest BCUT2D eigenvalue weighted by Gasteiger charge is 2.30. The molecule has 1 rings (SSSR count). The standard InChI is InChI=1S/C13H28N2O/c1-10(2)16-6-5-15-9-11(3)7-12(4)13(15)8-14/h10-13H,5-9,14H2,1-4H3. The first-order chi connectivity index (χ1) is 7.54. The molecule has 3 atom stereocenters. The summed E-state index contributed by atoms with van der Waals surface area (Å²) in [4.78, 5) is 2.52. The van der Waals surface area contributed by atoms with Crippen molar-refractivity contribution in [3.05, 3.63) is 0 Å². The molecule has 3 unspecified atom stereocenters. The van der Waals surface area contributed by atoms with Gasteiger partial charge in [0.25, 0.3) is 0 Å². The molecule has 1 saturated heterocycles. The lowest BCUT2D eigenvalue weighted by molar-refractivity contribution is 0.0176. The lowest BCUT2D eigenvalue weighted by Crippen LogP contribution is -2.52. The fourth-order valence-electron chi connectivity index (χ4n) is 2.81. The minimum atomic E-state index is 0.330. The van der Waals surface area contributed by atoms with Crippen LogP contribution in [0.15, 0.2) is 0 Å². The molecule has 0 aromatic heterocycles. The van der Waals surface area contributed by atoms with Gasteiger partial charge in [0.05, 0.1) is 12.7 Å². The van der Waals surface area contributed by atoms with Crippen molar-refractivity contribution in [3.63, 3.8) is 0 Å². The average Bonchev–Trinajstić information content (AvgIpc) is 2.16. The summed E-state index contributed by atoms with van der Waals surface area (Å²) in [6, 6.07) is 0.548. The van der Waals surface area contributed by atoms with Crippen LogP contribution >= 0.6 is 0 Å². The van der Waals surface area contributed by atoms with Crippen LogP contribution in [-0.2, 0) is 4.74 Å². The molecule has 1 fully saturated rings. The minimum absolute atomic E-state index is 0.330. The highest BCUT2D eigenvalue weighted by molar-refractivity contribution is 4.85. The summed E-state index contributed by atoms with van der Waals surface area (Å²) in [6.07, 6.45) is 1.64. The lowest BCUT2D eigenvalue weighted by atomic mass is 9.85. The molecule has 2 N–H and O–H groups in total. The lowest BCUT2D eigenvalue weighted by Gasteiger charge is -2.42. The van der Waals surface area contributed by atoms with E-state index in [9.17, 15) is 0 Å². The van der Waals surface area contributed by atoms with Crippen LogP contribution in [0.5, 0.6) is 0 Å². The van der Waals surface area contributed by atoms with E-state index in [1.165, 1.54) is 13.0 Å². The van der Waals surface area contributed by atoms with Crippen molar-refractivity contribution in [1.82, 2.24) is 4.90 Å². The third-order valence-corrected chi connectivity index (χ3v) is 3.52. The molecule has 0 bridgehead atoms. The Morgan fingerprint density at radius 1 is 1.38 bits per heavy atom. The van der Waals surface area contributed by atoms with Gasteiger partial charge in [0.15, 0.2) is 0 Å². The summed E-state index contributed by atoms with van der Waals surface area (Å²) in [5, 5.41) is 0. The molecule has 0 aliphatic carbocycles. The maximum absolute atomic E-state index is 5.88. The van der Waals surface area contributed by atoms with Crippen molar-refractivity contribution in [2.24, 2.45) is 17.6 Å². The summed E-state index contributed by atoms with van der Waals surface area (Å²) in [6.45, 7) is 12.6. The molecule has 16 heavy (non-hydrogen) atoms. The van der Waals surface area contributed by atoms with Crippen molar-refractivity contribution in [3.8, 4) is 0 Å². The third-order valence-electron chi connectivity index (χ3n) is 3.52. The van der Waals surface area contributed by atoms with E-state index in [2.05, 4.69) is 32.6 Å². The van der Waals surface area contributed by atoms with Gasteiger partial charge in [-0.05, 0) is 32.1 Å². The normalized spacial score (nSPS) is 32.2. The smallest absolute Gasteiger partial charge is 0.0597 e.